The lowest BCUT2D eigenvalue weighted by Crippen LogP contribution is -2.29. The topological polar surface area (TPSA) is 55.8 Å². The standard InChI is InChI=1S/C21H19BrFNO4S/c1-27-10-4-9-24-20(25)19(29-21(24)26)12-14-7-8-18(16(22)11-14)28-13-15-5-2-3-6-17(15)23/h2-3,5-8,11-12H,4,9-10,13H2,1H3/b19-12+. The summed E-state index contributed by atoms with van der Waals surface area (Å²) in [6.45, 7) is 0.926. The van der Waals surface area contributed by atoms with Crippen molar-refractivity contribution in [3.63, 3.8) is 0 Å². The van der Waals surface area contributed by atoms with Crippen molar-refractivity contribution in [1.29, 1.82) is 0 Å². The zero-order valence-corrected chi connectivity index (χ0v) is 18.1. The van der Waals surface area contributed by atoms with Gasteiger partial charge in [-0.1, -0.05) is 24.3 Å². The maximum absolute atomic E-state index is 13.7. The maximum atomic E-state index is 13.7. The number of hydrogen-bond acceptors (Lipinski definition) is 5. The molecule has 1 aliphatic heterocycles. The Balaban J connectivity index is 1.67. The van der Waals surface area contributed by atoms with E-state index in [1.54, 1.807) is 49.6 Å². The Kier molecular flexibility index (Phi) is 7.46. The molecule has 2 aromatic rings. The van der Waals surface area contributed by atoms with Crippen molar-refractivity contribution in [3.05, 3.63) is 68.8 Å². The van der Waals surface area contributed by atoms with Gasteiger partial charge in [0, 0.05) is 25.8 Å². The van der Waals surface area contributed by atoms with E-state index in [1.807, 2.05) is 0 Å². The number of carbonyl (C=O) groups excluding carboxylic acids is 2. The Morgan fingerprint density at radius 2 is 2.00 bits per heavy atom. The second-order valence-electron chi connectivity index (χ2n) is 6.25. The lowest BCUT2D eigenvalue weighted by Gasteiger charge is -2.11. The van der Waals surface area contributed by atoms with Crippen molar-refractivity contribution in [2.45, 2.75) is 13.0 Å². The molecule has 1 aliphatic rings. The third-order valence-electron chi connectivity index (χ3n) is 4.20. The van der Waals surface area contributed by atoms with E-state index in [4.69, 9.17) is 9.47 Å². The molecule has 29 heavy (non-hydrogen) atoms. The van der Waals surface area contributed by atoms with Gasteiger partial charge in [0.05, 0.1) is 9.38 Å². The molecule has 5 nitrogen and oxygen atoms in total. The number of imide groups is 1. The summed E-state index contributed by atoms with van der Waals surface area (Å²) in [4.78, 5) is 26.1. The summed E-state index contributed by atoms with van der Waals surface area (Å²) in [6.07, 6.45) is 2.27. The van der Waals surface area contributed by atoms with Gasteiger partial charge in [0.2, 0.25) is 0 Å². The van der Waals surface area contributed by atoms with Gasteiger partial charge in [-0.3, -0.25) is 14.5 Å². The molecule has 0 spiro atoms. The van der Waals surface area contributed by atoms with Gasteiger partial charge in [-0.15, -0.1) is 0 Å². The average Bonchev–Trinajstić information content (AvgIpc) is 2.96. The van der Waals surface area contributed by atoms with Crippen LogP contribution in [0.5, 0.6) is 5.75 Å². The van der Waals surface area contributed by atoms with E-state index in [1.165, 1.54) is 11.0 Å². The van der Waals surface area contributed by atoms with Crippen molar-refractivity contribution in [2.24, 2.45) is 0 Å². The Morgan fingerprint density at radius 3 is 2.72 bits per heavy atom. The summed E-state index contributed by atoms with van der Waals surface area (Å²) < 4.78 is 25.0. The number of methoxy groups -OCH3 is 1. The molecule has 0 aliphatic carbocycles. The fourth-order valence-electron chi connectivity index (χ4n) is 2.71. The van der Waals surface area contributed by atoms with Gasteiger partial charge in [0.1, 0.15) is 18.2 Å². The van der Waals surface area contributed by atoms with E-state index in [9.17, 15) is 14.0 Å². The number of thioether (sulfide) groups is 1. The van der Waals surface area contributed by atoms with Gasteiger partial charge >= 0.3 is 0 Å². The predicted molar refractivity (Wildman–Crippen MR) is 114 cm³/mol. The Hall–Kier alpha value is -2.16. The first-order valence-electron chi connectivity index (χ1n) is 8.89. The molecule has 0 unspecified atom stereocenters. The zero-order valence-electron chi connectivity index (χ0n) is 15.7. The van der Waals surface area contributed by atoms with E-state index in [2.05, 4.69) is 15.9 Å². The molecule has 2 aromatic carbocycles. The van der Waals surface area contributed by atoms with Crippen LogP contribution in [0.1, 0.15) is 17.5 Å². The van der Waals surface area contributed by atoms with E-state index < -0.39 is 0 Å². The highest BCUT2D eigenvalue weighted by Crippen LogP contribution is 2.34. The van der Waals surface area contributed by atoms with Gasteiger partial charge in [-0.2, -0.15) is 0 Å². The minimum absolute atomic E-state index is 0.102. The molecular weight excluding hydrogens is 461 g/mol. The summed E-state index contributed by atoms with van der Waals surface area (Å²) in [5.41, 5.74) is 1.21. The molecule has 8 heteroatoms. The average molecular weight is 480 g/mol. The Labute approximate surface area is 181 Å². The van der Waals surface area contributed by atoms with Gasteiger partial charge in [0.15, 0.2) is 0 Å². The summed E-state index contributed by atoms with van der Waals surface area (Å²) in [5, 5.41) is -0.277. The monoisotopic (exact) mass is 479 g/mol. The smallest absolute Gasteiger partial charge is 0.293 e. The number of ether oxygens (including phenoxy) is 2. The third kappa shape index (κ3) is 5.46. The summed E-state index contributed by atoms with van der Waals surface area (Å²) >= 11 is 4.36. The number of halogens is 2. The quantitative estimate of drug-likeness (QED) is 0.382. The molecule has 0 N–H and O–H groups in total. The third-order valence-corrected chi connectivity index (χ3v) is 5.73. The number of rotatable bonds is 8. The van der Waals surface area contributed by atoms with Crippen LogP contribution < -0.4 is 4.74 Å². The molecule has 1 heterocycles. The van der Waals surface area contributed by atoms with Crippen LogP contribution in [0.2, 0.25) is 0 Å². The first-order chi connectivity index (χ1) is 14.0. The van der Waals surface area contributed by atoms with Crippen LogP contribution in [0.25, 0.3) is 6.08 Å². The van der Waals surface area contributed by atoms with Crippen molar-refractivity contribution in [3.8, 4) is 5.75 Å². The maximum Gasteiger partial charge on any atom is 0.293 e. The lowest BCUT2D eigenvalue weighted by atomic mass is 10.2. The molecule has 1 fully saturated rings. The van der Waals surface area contributed by atoms with Crippen LogP contribution in [-0.2, 0) is 16.1 Å². The largest absolute Gasteiger partial charge is 0.488 e. The fraction of sp³-hybridized carbons (Fsp3) is 0.238. The highest BCUT2D eigenvalue weighted by molar-refractivity contribution is 9.10. The van der Waals surface area contributed by atoms with E-state index in [0.717, 1.165) is 17.3 Å². The zero-order chi connectivity index (χ0) is 20.8. The number of hydrogen-bond donors (Lipinski definition) is 0. The summed E-state index contributed by atoms with van der Waals surface area (Å²) in [5.74, 6) is -0.0633. The molecule has 0 saturated carbocycles. The van der Waals surface area contributed by atoms with Crippen LogP contribution >= 0.6 is 27.7 Å². The van der Waals surface area contributed by atoms with Gasteiger partial charge in [0.25, 0.3) is 11.1 Å². The molecule has 3 rings (SSSR count). The number of amides is 2. The van der Waals surface area contributed by atoms with Crippen LogP contribution in [0.15, 0.2) is 51.8 Å². The molecule has 152 valence electrons. The van der Waals surface area contributed by atoms with Crippen LogP contribution in [-0.4, -0.2) is 36.3 Å². The molecule has 0 bridgehead atoms. The molecule has 0 radical (unpaired) electrons. The van der Waals surface area contributed by atoms with E-state index >= 15 is 0 Å². The first kappa shape index (κ1) is 21.5. The number of carbonyl (C=O) groups is 2. The molecule has 1 saturated heterocycles. The van der Waals surface area contributed by atoms with Gasteiger partial charge < -0.3 is 9.47 Å². The molecule has 0 atom stereocenters. The minimum Gasteiger partial charge on any atom is -0.488 e. The van der Waals surface area contributed by atoms with Crippen LogP contribution in [0, 0.1) is 5.82 Å². The normalized spacial score (nSPS) is 15.4. The van der Waals surface area contributed by atoms with Crippen LogP contribution in [0.4, 0.5) is 9.18 Å². The summed E-state index contributed by atoms with van der Waals surface area (Å²) in [7, 11) is 1.58. The summed E-state index contributed by atoms with van der Waals surface area (Å²) in [6, 6.07) is 11.7. The first-order valence-corrected chi connectivity index (χ1v) is 10.5. The molecule has 2 amide bonds. The van der Waals surface area contributed by atoms with Gasteiger partial charge in [-0.05, 0) is 64.0 Å². The van der Waals surface area contributed by atoms with Gasteiger partial charge in [-0.25, -0.2) is 4.39 Å². The number of benzene rings is 2. The number of nitrogens with zero attached hydrogens (tertiary/aromatic N) is 1. The Bertz CT molecular complexity index is 950. The fourth-order valence-corrected chi connectivity index (χ4v) is 4.08. The second kappa shape index (κ2) is 10.0. The van der Waals surface area contributed by atoms with Crippen LogP contribution in [0.3, 0.4) is 0 Å². The SMILES string of the molecule is COCCCN1C(=O)S/C(=C/c2ccc(OCc3ccccc3F)c(Br)c2)C1=O. The van der Waals surface area contributed by atoms with Crippen molar-refractivity contribution >= 4 is 44.9 Å². The molecule has 0 aromatic heterocycles. The van der Waals surface area contributed by atoms with E-state index in [-0.39, 0.29) is 23.6 Å². The minimum atomic E-state index is -0.318. The van der Waals surface area contributed by atoms with E-state index in [0.29, 0.717) is 40.3 Å². The second-order valence-corrected chi connectivity index (χ2v) is 8.10. The highest BCUT2D eigenvalue weighted by atomic mass is 79.9. The molecular formula is C21H19BrFNO4S. The predicted octanol–water partition coefficient (Wildman–Crippen LogP) is 5.24. The lowest BCUT2D eigenvalue weighted by molar-refractivity contribution is -0.122. The Morgan fingerprint density at radius 1 is 1.21 bits per heavy atom. The highest BCUT2D eigenvalue weighted by Gasteiger charge is 2.34. The van der Waals surface area contributed by atoms with Crippen molar-refractivity contribution < 1.29 is 23.5 Å². The van der Waals surface area contributed by atoms with Crippen molar-refractivity contribution in [2.75, 3.05) is 20.3 Å². The van der Waals surface area contributed by atoms with Crippen molar-refractivity contribution in [1.82, 2.24) is 4.90 Å².